The van der Waals surface area contributed by atoms with Crippen LogP contribution in [0.3, 0.4) is 0 Å². The number of carbonyl (C=O) groups is 1. The summed E-state index contributed by atoms with van der Waals surface area (Å²) in [6.45, 7) is 8.34. The molecule has 2 aromatic rings. The van der Waals surface area contributed by atoms with Crippen LogP contribution in [0.2, 0.25) is 0 Å². The van der Waals surface area contributed by atoms with Gasteiger partial charge in [-0.25, -0.2) is 4.79 Å². The summed E-state index contributed by atoms with van der Waals surface area (Å²) in [5.74, 6) is 1.55. The summed E-state index contributed by atoms with van der Waals surface area (Å²) >= 11 is 0. The monoisotopic (exact) mass is 342 g/mol. The van der Waals surface area contributed by atoms with Crippen LogP contribution in [0.4, 0.5) is 0 Å². The van der Waals surface area contributed by atoms with Gasteiger partial charge in [0.15, 0.2) is 11.5 Å². The molecule has 0 heterocycles. The van der Waals surface area contributed by atoms with Crippen molar-refractivity contribution in [3.63, 3.8) is 0 Å². The number of hydrogen-bond donors (Lipinski definition) is 0. The molecule has 25 heavy (non-hydrogen) atoms. The van der Waals surface area contributed by atoms with Crippen LogP contribution in [-0.2, 0) is 0 Å². The highest BCUT2D eigenvalue weighted by atomic mass is 16.5. The molecule has 0 aliphatic rings. The molecule has 0 aliphatic heterocycles. The first-order chi connectivity index (χ1) is 11.9. The maximum atomic E-state index is 12.9. The second-order valence-corrected chi connectivity index (χ2v) is 6.51. The van der Waals surface area contributed by atoms with E-state index in [0.717, 1.165) is 11.1 Å². The van der Waals surface area contributed by atoms with Crippen molar-refractivity contribution in [1.82, 2.24) is 0 Å². The van der Waals surface area contributed by atoms with Crippen LogP contribution >= 0.6 is 0 Å². The number of methoxy groups -OCH3 is 2. The first-order valence-electron chi connectivity index (χ1n) is 8.46. The third-order valence-corrected chi connectivity index (χ3v) is 4.14. The summed E-state index contributed by atoms with van der Waals surface area (Å²) in [4.78, 5) is 12.9. The van der Waals surface area contributed by atoms with E-state index in [1.54, 1.807) is 18.2 Å². The van der Waals surface area contributed by atoms with E-state index in [1.165, 1.54) is 14.2 Å². The highest BCUT2D eigenvalue weighted by Crippen LogP contribution is 2.36. The molecule has 0 unspecified atom stereocenters. The molecule has 2 rings (SSSR count). The summed E-state index contributed by atoms with van der Waals surface area (Å²) in [7, 11) is 3.05. The summed E-state index contributed by atoms with van der Waals surface area (Å²) in [5, 5.41) is 0. The van der Waals surface area contributed by atoms with Crippen molar-refractivity contribution in [1.29, 1.82) is 0 Å². The zero-order valence-corrected chi connectivity index (χ0v) is 15.8. The zero-order chi connectivity index (χ0) is 18.6. The Morgan fingerprint density at radius 2 is 1.36 bits per heavy atom. The molecule has 0 N–H and O–H groups in total. The SMILES string of the molecule is COc1cccc(C(=O)Oc2c(C(C)C)cccc2C(C)C)c1OC. The maximum absolute atomic E-state index is 12.9. The lowest BCUT2D eigenvalue weighted by Crippen LogP contribution is -2.14. The van der Waals surface area contributed by atoms with E-state index in [4.69, 9.17) is 14.2 Å². The highest BCUT2D eigenvalue weighted by Gasteiger charge is 2.22. The van der Waals surface area contributed by atoms with Gasteiger partial charge in [-0.2, -0.15) is 0 Å². The Balaban J connectivity index is 2.49. The smallest absolute Gasteiger partial charge is 0.347 e. The van der Waals surface area contributed by atoms with Crippen LogP contribution in [0, 0.1) is 0 Å². The fourth-order valence-corrected chi connectivity index (χ4v) is 2.80. The van der Waals surface area contributed by atoms with E-state index in [0.29, 0.717) is 22.8 Å². The third kappa shape index (κ3) is 3.95. The molecule has 0 aliphatic carbocycles. The topological polar surface area (TPSA) is 44.8 Å². The Morgan fingerprint density at radius 1 is 0.800 bits per heavy atom. The molecule has 4 heteroatoms. The van der Waals surface area contributed by atoms with Gasteiger partial charge in [-0.3, -0.25) is 0 Å². The highest BCUT2D eigenvalue weighted by molar-refractivity contribution is 5.95. The lowest BCUT2D eigenvalue weighted by molar-refractivity contribution is 0.0726. The molecule has 0 saturated carbocycles. The van der Waals surface area contributed by atoms with Crippen molar-refractivity contribution in [2.24, 2.45) is 0 Å². The largest absolute Gasteiger partial charge is 0.493 e. The molecule has 0 spiro atoms. The maximum Gasteiger partial charge on any atom is 0.347 e. The first kappa shape index (κ1) is 18.8. The van der Waals surface area contributed by atoms with Crippen molar-refractivity contribution in [2.75, 3.05) is 14.2 Å². The predicted octanol–water partition coefficient (Wildman–Crippen LogP) is 5.17. The van der Waals surface area contributed by atoms with Gasteiger partial charge in [-0.1, -0.05) is 52.0 Å². The van der Waals surface area contributed by atoms with Crippen LogP contribution in [0.25, 0.3) is 0 Å². The van der Waals surface area contributed by atoms with Gasteiger partial charge in [0, 0.05) is 0 Å². The van der Waals surface area contributed by atoms with Gasteiger partial charge in [0.1, 0.15) is 11.3 Å². The van der Waals surface area contributed by atoms with Gasteiger partial charge in [0.25, 0.3) is 0 Å². The van der Waals surface area contributed by atoms with Gasteiger partial charge in [0.2, 0.25) is 0 Å². The predicted molar refractivity (Wildman–Crippen MR) is 99.1 cm³/mol. The van der Waals surface area contributed by atoms with Gasteiger partial charge < -0.3 is 14.2 Å². The van der Waals surface area contributed by atoms with Crippen LogP contribution in [-0.4, -0.2) is 20.2 Å². The fraction of sp³-hybridized carbons (Fsp3) is 0.381. The normalized spacial score (nSPS) is 10.9. The minimum absolute atomic E-state index is 0.244. The number of esters is 1. The first-order valence-corrected chi connectivity index (χ1v) is 8.46. The summed E-state index contributed by atoms with van der Waals surface area (Å²) in [6, 6.07) is 11.2. The Morgan fingerprint density at radius 3 is 1.84 bits per heavy atom. The Labute approximate surface area is 149 Å². The minimum atomic E-state index is -0.453. The fourth-order valence-electron chi connectivity index (χ4n) is 2.80. The average Bonchev–Trinajstić information content (AvgIpc) is 2.60. The molecule has 0 radical (unpaired) electrons. The molecule has 0 fully saturated rings. The molecular weight excluding hydrogens is 316 g/mol. The number of rotatable bonds is 6. The van der Waals surface area contributed by atoms with E-state index >= 15 is 0 Å². The van der Waals surface area contributed by atoms with Gasteiger partial charge in [0.05, 0.1) is 14.2 Å². The van der Waals surface area contributed by atoms with Crippen LogP contribution in [0.5, 0.6) is 17.2 Å². The van der Waals surface area contributed by atoms with E-state index < -0.39 is 5.97 Å². The summed E-state index contributed by atoms with van der Waals surface area (Å²) < 4.78 is 16.5. The molecule has 0 bridgehead atoms. The molecule has 0 amide bonds. The lowest BCUT2D eigenvalue weighted by Gasteiger charge is -2.19. The Hall–Kier alpha value is -2.49. The van der Waals surface area contributed by atoms with E-state index in [1.807, 2.05) is 18.2 Å². The van der Waals surface area contributed by atoms with Crippen molar-refractivity contribution in [3.05, 3.63) is 53.1 Å². The second kappa shape index (κ2) is 8.06. The van der Waals surface area contributed by atoms with Crippen LogP contribution in [0.1, 0.15) is 61.0 Å². The number of hydrogen-bond acceptors (Lipinski definition) is 4. The molecule has 2 aromatic carbocycles. The third-order valence-electron chi connectivity index (χ3n) is 4.14. The van der Waals surface area contributed by atoms with E-state index in [-0.39, 0.29) is 11.8 Å². The number of ether oxygens (including phenoxy) is 3. The molecule has 0 saturated heterocycles. The van der Waals surface area contributed by atoms with Gasteiger partial charge in [-0.05, 0) is 35.1 Å². The van der Waals surface area contributed by atoms with Crippen LogP contribution in [0.15, 0.2) is 36.4 Å². The number of benzene rings is 2. The van der Waals surface area contributed by atoms with Crippen LogP contribution < -0.4 is 14.2 Å². The molecule has 0 atom stereocenters. The van der Waals surface area contributed by atoms with Crippen molar-refractivity contribution < 1.29 is 19.0 Å². The standard InChI is InChI=1S/C21H26O4/c1-13(2)15-9-7-10-16(14(3)4)19(15)25-21(22)17-11-8-12-18(23-5)20(17)24-6/h7-14H,1-6H3. The van der Waals surface area contributed by atoms with Gasteiger partial charge >= 0.3 is 5.97 Å². The molecule has 4 nitrogen and oxygen atoms in total. The lowest BCUT2D eigenvalue weighted by atomic mass is 9.94. The van der Waals surface area contributed by atoms with Crippen molar-refractivity contribution in [3.8, 4) is 17.2 Å². The number of para-hydroxylation sites is 2. The van der Waals surface area contributed by atoms with E-state index in [2.05, 4.69) is 27.7 Å². The molecule has 0 aromatic heterocycles. The molecule has 134 valence electrons. The van der Waals surface area contributed by atoms with Gasteiger partial charge in [-0.15, -0.1) is 0 Å². The Kier molecular flexibility index (Phi) is 6.07. The summed E-state index contributed by atoms with van der Waals surface area (Å²) in [5.41, 5.74) is 2.37. The van der Waals surface area contributed by atoms with Crippen molar-refractivity contribution in [2.45, 2.75) is 39.5 Å². The van der Waals surface area contributed by atoms with Crippen molar-refractivity contribution >= 4 is 5.97 Å². The zero-order valence-electron chi connectivity index (χ0n) is 15.8. The second-order valence-electron chi connectivity index (χ2n) is 6.51. The van der Waals surface area contributed by atoms with E-state index in [9.17, 15) is 4.79 Å². The number of carbonyl (C=O) groups excluding carboxylic acids is 1. The summed E-state index contributed by atoms with van der Waals surface area (Å²) in [6.07, 6.45) is 0. The average molecular weight is 342 g/mol. The molecular formula is C21H26O4. The quantitative estimate of drug-likeness (QED) is 0.536. The minimum Gasteiger partial charge on any atom is -0.493 e. The Bertz CT molecular complexity index is 721.